The Kier molecular flexibility index (Phi) is 4.43. The predicted molar refractivity (Wildman–Crippen MR) is 71.1 cm³/mol. The summed E-state index contributed by atoms with van der Waals surface area (Å²) in [5.74, 6) is 1.90. The van der Waals surface area contributed by atoms with Crippen molar-refractivity contribution in [3.8, 4) is 0 Å². The van der Waals surface area contributed by atoms with Gasteiger partial charge in [0, 0.05) is 1.43 Å². The van der Waals surface area contributed by atoms with Crippen LogP contribution >= 0.6 is 0 Å². The first kappa shape index (κ1) is 12.8. The average Bonchev–Trinajstić information content (AvgIpc) is 2.19. The van der Waals surface area contributed by atoms with Gasteiger partial charge in [-0.1, -0.05) is 46.3 Å². The minimum Gasteiger partial charge on any atom is -0.0794 e. The van der Waals surface area contributed by atoms with E-state index >= 15 is 0 Å². The summed E-state index contributed by atoms with van der Waals surface area (Å²) in [6.45, 7) is 11.2. The molecule has 0 aromatic carbocycles. The summed E-state index contributed by atoms with van der Waals surface area (Å²) < 4.78 is 0. The van der Waals surface area contributed by atoms with E-state index in [1.165, 1.54) is 32.1 Å². The lowest BCUT2D eigenvalue weighted by molar-refractivity contribution is 0.246. The smallest absolute Gasteiger partial charge is 0 e. The third-order valence-electron chi connectivity index (χ3n) is 3.96. The molecule has 2 aliphatic rings. The summed E-state index contributed by atoms with van der Waals surface area (Å²) in [7, 11) is 0. The molecule has 0 nitrogen and oxygen atoms in total. The maximum absolute atomic E-state index is 2.58. The van der Waals surface area contributed by atoms with Crippen LogP contribution in [-0.4, -0.2) is 0 Å². The number of hydrogen-bond donors (Lipinski definition) is 0. The van der Waals surface area contributed by atoms with Gasteiger partial charge >= 0.3 is 0 Å². The molecule has 2 unspecified atom stereocenters. The zero-order chi connectivity index (χ0) is 11.5. The topological polar surface area (TPSA) is 0 Å². The van der Waals surface area contributed by atoms with Gasteiger partial charge < -0.3 is 0 Å². The van der Waals surface area contributed by atoms with Crippen molar-refractivity contribution in [2.45, 2.75) is 66.7 Å². The fourth-order valence-electron chi connectivity index (χ4n) is 3.13. The van der Waals surface area contributed by atoms with Crippen LogP contribution in [0.25, 0.3) is 0 Å². The van der Waals surface area contributed by atoms with E-state index in [4.69, 9.17) is 0 Å². The summed E-state index contributed by atoms with van der Waals surface area (Å²) in [4.78, 5) is 0. The number of fused-ring (bicyclic) bond motifs is 1. The number of hydrogen-bond acceptors (Lipinski definition) is 0. The summed E-state index contributed by atoms with van der Waals surface area (Å²) in [5, 5.41) is 0. The van der Waals surface area contributed by atoms with Crippen LogP contribution in [0.15, 0.2) is 11.6 Å². The molecule has 1 fully saturated rings. The van der Waals surface area contributed by atoms with Crippen molar-refractivity contribution in [1.82, 2.24) is 0 Å². The Morgan fingerprint density at radius 2 is 1.93 bits per heavy atom. The summed E-state index contributed by atoms with van der Waals surface area (Å²) in [6.07, 6.45) is 9.70. The van der Waals surface area contributed by atoms with E-state index in [9.17, 15) is 0 Å². The molecule has 2 aliphatic carbocycles. The second-order valence-corrected chi connectivity index (χ2v) is 5.72. The van der Waals surface area contributed by atoms with Crippen molar-refractivity contribution in [1.29, 1.82) is 0 Å². The van der Waals surface area contributed by atoms with E-state index in [0.29, 0.717) is 5.41 Å². The van der Waals surface area contributed by atoms with Gasteiger partial charge in [0.25, 0.3) is 0 Å². The van der Waals surface area contributed by atoms with Gasteiger partial charge in [-0.05, 0) is 49.4 Å². The molecule has 2 rings (SSSR count). The minimum absolute atomic E-state index is 0. The van der Waals surface area contributed by atoms with Gasteiger partial charge in [0.1, 0.15) is 0 Å². The van der Waals surface area contributed by atoms with Crippen LogP contribution in [0.4, 0.5) is 0 Å². The predicted octanol–water partition coefficient (Wildman–Crippen LogP) is 5.44. The molecule has 0 bridgehead atoms. The van der Waals surface area contributed by atoms with Crippen molar-refractivity contribution in [3.63, 3.8) is 0 Å². The van der Waals surface area contributed by atoms with Gasteiger partial charge in [-0.3, -0.25) is 0 Å². The molecule has 2 atom stereocenters. The first-order valence-electron chi connectivity index (χ1n) is 6.80. The second kappa shape index (κ2) is 5.18. The summed E-state index contributed by atoms with van der Waals surface area (Å²) in [6, 6.07) is 0. The highest BCUT2D eigenvalue weighted by atomic mass is 14.4. The van der Waals surface area contributed by atoms with Crippen LogP contribution in [0.3, 0.4) is 0 Å². The van der Waals surface area contributed by atoms with Crippen molar-refractivity contribution in [2.24, 2.45) is 17.3 Å². The molecule has 0 radical (unpaired) electrons. The molecule has 0 aromatic heterocycles. The molecule has 0 spiro atoms. The zero-order valence-corrected chi connectivity index (χ0v) is 11.3. The third kappa shape index (κ3) is 3.09. The number of rotatable bonds is 0. The summed E-state index contributed by atoms with van der Waals surface area (Å²) in [5.41, 5.74) is 2.28. The zero-order valence-electron chi connectivity index (χ0n) is 11.3. The van der Waals surface area contributed by atoms with Crippen molar-refractivity contribution in [2.75, 3.05) is 0 Å². The Morgan fingerprint density at radius 1 is 1.27 bits per heavy atom. The quantitative estimate of drug-likeness (QED) is 0.467. The fraction of sp³-hybridized carbons (Fsp3) is 0.867. The molecular weight excluding hydrogens is 180 g/mol. The average molecular weight is 210 g/mol. The molecule has 0 aromatic rings. The highest BCUT2D eigenvalue weighted by molar-refractivity contribution is 5.17. The normalized spacial score (nSPS) is 33.3. The van der Waals surface area contributed by atoms with E-state index in [-0.39, 0.29) is 1.43 Å². The van der Waals surface area contributed by atoms with Gasteiger partial charge in [0.2, 0.25) is 0 Å². The molecule has 0 heterocycles. The van der Waals surface area contributed by atoms with E-state index < -0.39 is 0 Å². The lowest BCUT2D eigenvalue weighted by Crippen LogP contribution is -2.27. The summed E-state index contributed by atoms with van der Waals surface area (Å²) >= 11 is 0. The monoisotopic (exact) mass is 210 g/mol. The van der Waals surface area contributed by atoms with Crippen LogP contribution in [0.1, 0.15) is 68.1 Å². The molecule has 15 heavy (non-hydrogen) atoms. The van der Waals surface area contributed by atoms with E-state index in [2.05, 4.69) is 26.8 Å². The van der Waals surface area contributed by atoms with E-state index in [0.717, 1.165) is 11.8 Å². The largest absolute Gasteiger partial charge is 0.0794 e. The lowest BCUT2D eigenvalue weighted by atomic mass is 9.66. The molecule has 1 saturated carbocycles. The highest BCUT2D eigenvalue weighted by Gasteiger charge is 2.32. The Hall–Kier alpha value is -0.260. The van der Waals surface area contributed by atoms with Gasteiger partial charge in [0.15, 0.2) is 0 Å². The molecule has 90 valence electrons. The van der Waals surface area contributed by atoms with Crippen molar-refractivity contribution in [3.05, 3.63) is 11.6 Å². The van der Waals surface area contributed by atoms with Gasteiger partial charge in [-0.25, -0.2) is 0 Å². The Balaban J connectivity index is 0.000000711. The van der Waals surface area contributed by atoms with Gasteiger partial charge in [0.05, 0.1) is 0 Å². The van der Waals surface area contributed by atoms with Crippen molar-refractivity contribution >= 4 is 0 Å². The van der Waals surface area contributed by atoms with Crippen LogP contribution < -0.4 is 0 Å². The Labute approximate surface area is 97.6 Å². The second-order valence-electron chi connectivity index (χ2n) is 5.72. The van der Waals surface area contributed by atoms with Crippen LogP contribution in [0.5, 0.6) is 0 Å². The van der Waals surface area contributed by atoms with Crippen LogP contribution in [0, 0.1) is 17.3 Å². The van der Waals surface area contributed by atoms with Crippen molar-refractivity contribution < 1.29 is 1.43 Å². The maximum atomic E-state index is 2.58. The van der Waals surface area contributed by atoms with Crippen LogP contribution in [0.2, 0.25) is 0 Å². The van der Waals surface area contributed by atoms with Gasteiger partial charge in [-0.15, -0.1) is 0 Å². The molecule has 0 aliphatic heterocycles. The fourth-order valence-corrected chi connectivity index (χ4v) is 3.13. The van der Waals surface area contributed by atoms with E-state index in [1.807, 2.05) is 13.8 Å². The molecule has 0 N–H and O–H groups in total. The molecular formula is C15H30. The SMILES string of the molecule is CC.CC1CCCC2=CC(C)(C)CCC21.[HH]. The first-order chi connectivity index (χ1) is 7.08. The lowest BCUT2D eigenvalue weighted by Gasteiger charge is -2.39. The highest BCUT2D eigenvalue weighted by Crippen LogP contribution is 2.45. The van der Waals surface area contributed by atoms with E-state index in [1.54, 1.807) is 5.57 Å². The standard InChI is InChI=1S/C13H22.C2H6.H2/c1-10-5-4-6-11-9-13(2,3)8-7-12(10)11;1-2;/h9-10,12H,4-8H2,1-3H3;1-2H3;1H. The van der Waals surface area contributed by atoms with Gasteiger partial charge in [-0.2, -0.15) is 0 Å². The minimum atomic E-state index is 0. The Bertz CT molecular complexity index is 228. The molecule has 0 heteroatoms. The number of allylic oxidation sites excluding steroid dienone is 2. The van der Waals surface area contributed by atoms with Crippen LogP contribution in [-0.2, 0) is 0 Å². The first-order valence-corrected chi connectivity index (χ1v) is 6.80. The maximum Gasteiger partial charge on any atom is 0 e. The Morgan fingerprint density at radius 3 is 2.60 bits per heavy atom. The molecule has 0 amide bonds. The third-order valence-corrected chi connectivity index (χ3v) is 3.96. The molecule has 0 saturated heterocycles.